The fraction of sp³-hybridized carbons (Fsp3) is 0.615. The molecular weight excluding hydrogens is 228 g/mol. The Bertz CT molecular complexity index is 384. The van der Waals surface area contributed by atoms with Gasteiger partial charge in [0, 0.05) is 19.6 Å². The van der Waals surface area contributed by atoms with Gasteiger partial charge in [-0.3, -0.25) is 4.79 Å². The standard InChI is InChI=1S/C13H20N4O/c1-2-3-8-14-13(18)11-6-7-12(16-15-11)17-9-4-5-10-17/h6-7H,2-5,8-10H2,1H3,(H,14,18). The Morgan fingerprint density at radius 2 is 2.11 bits per heavy atom. The average molecular weight is 248 g/mol. The summed E-state index contributed by atoms with van der Waals surface area (Å²) < 4.78 is 0. The van der Waals surface area contributed by atoms with Crippen molar-refractivity contribution < 1.29 is 4.79 Å². The number of nitrogens with one attached hydrogen (secondary N) is 1. The van der Waals surface area contributed by atoms with Gasteiger partial charge in [-0.1, -0.05) is 13.3 Å². The predicted molar refractivity (Wildman–Crippen MR) is 70.7 cm³/mol. The van der Waals surface area contributed by atoms with E-state index in [9.17, 15) is 4.79 Å². The molecule has 1 aromatic rings. The molecule has 0 aliphatic carbocycles. The Morgan fingerprint density at radius 1 is 1.33 bits per heavy atom. The van der Waals surface area contributed by atoms with Gasteiger partial charge in [-0.05, 0) is 31.4 Å². The minimum atomic E-state index is -0.135. The van der Waals surface area contributed by atoms with Crippen molar-refractivity contribution >= 4 is 11.7 Å². The average Bonchev–Trinajstić information content (AvgIpc) is 2.93. The van der Waals surface area contributed by atoms with Gasteiger partial charge < -0.3 is 10.2 Å². The zero-order valence-corrected chi connectivity index (χ0v) is 10.9. The Kier molecular flexibility index (Phi) is 4.50. The summed E-state index contributed by atoms with van der Waals surface area (Å²) >= 11 is 0. The van der Waals surface area contributed by atoms with Gasteiger partial charge in [-0.25, -0.2) is 0 Å². The lowest BCUT2D eigenvalue weighted by molar-refractivity contribution is 0.0947. The van der Waals surface area contributed by atoms with Crippen LogP contribution in [-0.2, 0) is 0 Å². The fourth-order valence-electron chi connectivity index (χ4n) is 2.03. The Balaban J connectivity index is 1.92. The molecule has 1 aromatic heterocycles. The monoisotopic (exact) mass is 248 g/mol. The lowest BCUT2D eigenvalue weighted by Gasteiger charge is -2.15. The molecule has 18 heavy (non-hydrogen) atoms. The predicted octanol–water partition coefficient (Wildman–Crippen LogP) is 1.61. The van der Waals surface area contributed by atoms with E-state index in [-0.39, 0.29) is 5.91 Å². The van der Waals surface area contributed by atoms with Crippen LogP contribution in [-0.4, -0.2) is 35.7 Å². The Hall–Kier alpha value is -1.65. The van der Waals surface area contributed by atoms with Crippen molar-refractivity contribution in [1.82, 2.24) is 15.5 Å². The summed E-state index contributed by atoms with van der Waals surface area (Å²) in [5, 5.41) is 11.0. The minimum Gasteiger partial charge on any atom is -0.355 e. The number of unbranched alkanes of at least 4 members (excludes halogenated alkanes) is 1. The number of aromatic nitrogens is 2. The first kappa shape index (κ1) is 12.8. The highest BCUT2D eigenvalue weighted by atomic mass is 16.1. The van der Waals surface area contributed by atoms with Gasteiger partial charge in [-0.15, -0.1) is 10.2 Å². The summed E-state index contributed by atoms with van der Waals surface area (Å²) in [6.45, 7) is 4.87. The SMILES string of the molecule is CCCCNC(=O)c1ccc(N2CCCC2)nn1. The van der Waals surface area contributed by atoms with Crippen LogP contribution in [0.5, 0.6) is 0 Å². The smallest absolute Gasteiger partial charge is 0.271 e. The van der Waals surface area contributed by atoms with Gasteiger partial charge >= 0.3 is 0 Å². The maximum Gasteiger partial charge on any atom is 0.271 e. The number of hydrogen-bond acceptors (Lipinski definition) is 4. The first-order valence-corrected chi connectivity index (χ1v) is 6.68. The highest BCUT2D eigenvalue weighted by Gasteiger charge is 2.14. The first-order chi connectivity index (χ1) is 8.81. The molecule has 0 radical (unpaired) electrons. The lowest BCUT2D eigenvalue weighted by atomic mass is 10.3. The van der Waals surface area contributed by atoms with Crippen molar-refractivity contribution in [1.29, 1.82) is 0 Å². The number of hydrogen-bond donors (Lipinski definition) is 1. The molecule has 1 N–H and O–H groups in total. The first-order valence-electron chi connectivity index (χ1n) is 6.68. The molecule has 5 heteroatoms. The largest absolute Gasteiger partial charge is 0.355 e. The highest BCUT2D eigenvalue weighted by molar-refractivity contribution is 5.92. The van der Waals surface area contributed by atoms with Crippen LogP contribution in [0.1, 0.15) is 43.1 Å². The second kappa shape index (κ2) is 6.33. The molecule has 0 bridgehead atoms. The van der Waals surface area contributed by atoms with E-state index in [0.29, 0.717) is 12.2 Å². The van der Waals surface area contributed by atoms with Crippen molar-refractivity contribution in [3.63, 3.8) is 0 Å². The van der Waals surface area contributed by atoms with Crippen LogP contribution < -0.4 is 10.2 Å². The van der Waals surface area contributed by atoms with Gasteiger partial charge in [-0.2, -0.15) is 0 Å². The number of anilines is 1. The van der Waals surface area contributed by atoms with Gasteiger partial charge in [0.15, 0.2) is 11.5 Å². The Labute approximate surface area is 108 Å². The molecule has 0 aromatic carbocycles. The van der Waals surface area contributed by atoms with Crippen molar-refractivity contribution in [3.8, 4) is 0 Å². The summed E-state index contributed by atoms with van der Waals surface area (Å²) in [5.41, 5.74) is 0.397. The number of amides is 1. The summed E-state index contributed by atoms with van der Waals surface area (Å²) in [5.74, 6) is 0.738. The molecule has 0 saturated carbocycles. The summed E-state index contributed by atoms with van der Waals surface area (Å²) in [6, 6.07) is 3.63. The number of carbonyl (C=O) groups excluding carboxylic acids is 1. The molecule has 1 aliphatic heterocycles. The van der Waals surface area contributed by atoms with E-state index in [2.05, 4.69) is 27.3 Å². The fourth-order valence-corrected chi connectivity index (χ4v) is 2.03. The number of nitrogens with zero attached hydrogens (tertiary/aromatic N) is 3. The van der Waals surface area contributed by atoms with E-state index in [1.807, 2.05) is 6.07 Å². The van der Waals surface area contributed by atoms with Crippen LogP contribution in [0.25, 0.3) is 0 Å². The molecule has 2 heterocycles. The molecule has 0 unspecified atom stereocenters. The molecule has 1 fully saturated rings. The molecule has 2 rings (SSSR count). The van der Waals surface area contributed by atoms with E-state index in [1.165, 1.54) is 12.8 Å². The normalized spacial score (nSPS) is 14.8. The van der Waals surface area contributed by atoms with E-state index < -0.39 is 0 Å². The molecule has 0 atom stereocenters. The van der Waals surface area contributed by atoms with Crippen LogP contribution >= 0.6 is 0 Å². The van der Waals surface area contributed by atoms with Crippen molar-refractivity contribution in [2.75, 3.05) is 24.5 Å². The lowest BCUT2D eigenvalue weighted by Crippen LogP contribution is -2.26. The van der Waals surface area contributed by atoms with Gasteiger partial charge in [0.05, 0.1) is 0 Å². The maximum atomic E-state index is 11.7. The minimum absolute atomic E-state index is 0.135. The molecule has 1 saturated heterocycles. The van der Waals surface area contributed by atoms with Crippen LogP contribution in [0.15, 0.2) is 12.1 Å². The van der Waals surface area contributed by atoms with Gasteiger partial charge in [0.25, 0.3) is 5.91 Å². The summed E-state index contributed by atoms with van der Waals surface area (Å²) in [7, 11) is 0. The van der Waals surface area contributed by atoms with E-state index in [0.717, 1.165) is 31.7 Å². The highest BCUT2D eigenvalue weighted by Crippen LogP contribution is 2.16. The van der Waals surface area contributed by atoms with Crippen molar-refractivity contribution in [2.24, 2.45) is 0 Å². The molecule has 0 spiro atoms. The van der Waals surface area contributed by atoms with Crippen LogP contribution in [0.2, 0.25) is 0 Å². The zero-order chi connectivity index (χ0) is 12.8. The molecule has 1 amide bonds. The van der Waals surface area contributed by atoms with E-state index in [1.54, 1.807) is 6.07 Å². The quantitative estimate of drug-likeness (QED) is 0.804. The van der Waals surface area contributed by atoms with Crippen LogP contribution in [0.3, 0.4) is 0 Å². The number of rotatable bonds is 5. The third-order valence-electron chi connectivity index (χ3n) is 3.13. The summed E-state index contributed by atoms with van der Waals surface area (Å²) in [6.07, 6.45) is 4.48. The molecule has 98 valence electrons. The van der Waals surface area contributed by atoms with Gasteiger partial charge in [0.2, 0.25) is 0 Å². The summed E-state index contributed by atoms with van der Waals surface area (Å²) in [4.78, 5) is 13.9. The molecule has 1 aliphatic rings. The third-order valence-corrected chi connectivity index (χ3v) is 3.13. The van der Waals surface area contributed by atoms with Crippen LogP contribution in [0, 0.1) is 0 Å². The van der Waals surface area contributed by atoms with Gasteiger partial charge in [0.1, 0.15) is 0 Å². The molecule has 5 nitrogen and oxygen atoms in total. The van der Waals surface area contributed by atoms with Crippen molar-refractivity contribution in [3.05, 3.63) is 17.8 Å². The van der Waals surface area contributed by atoms with E-state index >= 15 is 0 Å². The third kappa shape index (κ3) is 3.18. The molecular formula is C13H20N4O. The van der Waals surface area contributed by atoms with E-state index in [4.69, 9.17) is 0 Å². The van der Waals surface area contributed by atoms with Crippen LogP contribution in [0.4, 0.5) is 5.82 Å². The topological polar surface area (TPSA) is 58.1 Å². The Morgan fingerprint density at radius 3 is 2.72 bits per heavy atom. The maximum absolute atomic E-state index is 11.7. The zero-order valence-electron chi connectivity index (χ0n) is 10.9. The second-order valence-corrected chi connectivity index (χ2v) is 4.58. The second-order valence-electron chi connectivity index (χ2n) is 4.58. The van der Waals surface area contributed by atoms with Crippen molar-refractivity contribution in [2.45, 2.75) is 32.6 Å². The number of carbonyl (C=O) groups is 1.